The fourth-order valence-electron chi connectivity index (χ4n) is 2.99. The molecule has 0 aromatic heterocycles. The van der Waals surface area contributed by atoms with Gasteiger partial charge >= 0.3 is 6.03 Å². The number of hydrogen-bond donors (Lipinski definition) is 4. The van der Waals surface area contributed by atoms with Crippen LogP contribution in [0.2, 0.25) is 0 Å². The summed E-state index contributed by atoms with van der Waals surface area (Å²) in [5.41, 5.74) is 2.36. The molecule has 3 rings (SSSR count). The average molecular weight is 390 g/mol. The minimum Gasteiger partial charge on any atom is -0.504 e. The third-order valence-corrected chi connectivity index (χ3v) is 4.38. The van der Waals surface area contributed by atoms with Gasteiger partial charge in [-0.1, -0.05) is 48.5 Å². The second-order valence-corrected chi connectivity index (χ2v) is 6.80. The number of carbonyl (C=O) groups excluding carboxylic acids is 2. The number of rotatable bonds is 6. The second kappa shape index (κ2) is 8.93. The van der Waals surface area contributed by atoms with Crippen LogP contribution in [0.1, 0.15) is 28.4 Å². The number of aromatic hydroxyl groups is 2. The largest absolute Gasteiger partial charge is 0.504 e. The summed E-state index contributed by atoms with van der Waals surface area (Å²) >= 11 is 0. The molecule has 0 saturated heterocycles. The summed E-state index contributed by atoms with van der Waals surface area (Å²) in [7, 11) is 0. The van der Waals surface area contributed by atoms with Gasteiger partial charge in [-0.2, -0.15) is 0 Å². The minimum atomic E-state index is -0.398. The van der Waals surface area contributed by atoms with E-state index in [0.717, 1.165) is 5.56 Å². The zero-order valence-corrected chi connectivity index (χ0v) is 15.9. The number of urea groups is 1. The Balaban J connectivity index is 1.60. The lowest BCUT2D eigenvalue weighted by molar-refractivity contribution is 0.103. The zero-order valence-electron chi connectivity index (χ0n) is 15.9. The van der Waals surface area contributed by atoms with Crippen molar-refractivity contribution in [2.24, 2.45) is 0 Å². The molecule has 1 unspecified atom stereocenters. The maximum Gasteiger partial charge on any atom is 0.319 e. The molecule has 1 atom stereocenters. The number of benzene rings is 3. The highest BCUT2D eigenvalue weighted by molar-refractivity contribution is 6.09. The van der Waals surface area contributed by atoms with E-state index in [1.165, 1.54) is 12.1 Å². The Morgan fingerprint density at radius 2 is 1.59 bits per heavy atom. The maximum absolute atomic E-state index is 12.6. The third kappa shape index (κ3) is 5.35. The van der Waals surface area contributed by atoms with E-state index < -0.39 is 6.03 Å². The van der Waals surface area contributed by atoms with Crippen molar-refractivity contribution in [1.82, 2.24) is 5.32 Å². The summed E-state index contributed by atoms with van der Waals surface area (Å²) < 4.78 is 0. The normalized spacial score (nSPS) is 11.5. The van der Waals surface area contributed by atoms with Crippen LogP contribution >= 0.6 is 0 Å². The summed E-state index contributed by atoms with van der Waals surface area (Å²) in [4.78, 5) is 24.8. The second-order valence-electron chi connectivity index (χ2n) is 6.80. The number of phenolic OH excluding ortho intramolecular Hbond substituents is 2. The van der Waals surface area contributed by atoms with E-state index in [1.807, 2.05) is 13.0 Å². The van der Waals surface area contributed by atoms with E-state index in [4.69, 9.17) is 0 Å². The van der Waals surface area contributed by atoms with Gasteiger partial charge in [0.05, 0.1) is 0 Å². The van der Waals surface area contributed by atoms with Crippen molar-refractivity contribution in [1.29, 1.82) is 0 Å². The smallest absolute Gasteiger partial charge is 0.319 e. The number of carbonyl (C=O) groups is 2. The number of anilines is 1. The molecule has 0 radical (unpaired) electrons. The summed E-state index contributed by atoms with van der Waals surface area (Å²) in [6.07, 6.45) is 0.480. The van der Waals surface area contributed by atoms with Crippen molar-refractivity contribution in [3.63, 3.8) is 0 Å². The monoisotopic (exact) mass is 390 g/mol. The Morgan fingerprint density at radius 1 is 0.862 bits per heavy atom. The van der Waals surface area contributed by atoms with Crippen molar-refractivity contribution in [3.05, 3.63) is 89.5 Å². The van der Waals surface area contributed by atoms with Crippen molar-refractivity contribution in [3.8, 4) is 11.5 Å². The lowest BCUT2D eigenvalue weighted by Gasteiger charge is -2.15. The van der Waals surface area contributed by atoms with Gasteiger partial charge in [0.1, 0.15) is 0 Å². The molecule has 0 saturated carbocycles. The molecule has 148 valence electrons. The Bertz CT molecular complexity index is 1020. The maximum atomic E-state index is 12.6. The van der Waals surface area contributed by atoms with E-state index in [9.17, 15) is 19.8 Å². The molecule has 4 N–H and O–H groups in total. The average Bonchev–Trinajstić information content (AvgIpc) is 2.71. The molecule has 3 aromatic rings. The number of phenols is 2. The fourth-order valence-corrected chi connectivity index (χ4v) is 2.99. The van der Waals surface area contributed by atoms with Crippen LogP contribution in [0.3, 0.4) is 0 Å². The van der Waals surface area contributed by atoms with Gasteiger partial charge in [0, 0.05) is 22.9 Å². The summed E-state index contributed by atoms with van der Waals surface area (Å²) in [5.74, 6) is -0.494. The van der Waals surface area contributed by atoms with Crippen LogP contribution in [0.25, 0.3) is 0 Å². The van der Waals surface area contributed by atoms with Crippen LogP contribution in [0, 0.1) is 0 Å². The van der Waals surface area contributed by atoms with Gasteiger partial charge < -0.3 is 20.8 Å². The molecule has 0 aliphatic carbocycles. The van der Waals surface area contributed by atoms with Gasteiger partial charge in [-0.3, -0.25) is 4.79 Å². The predicted octanol–water partition coefficient (Wildman–Crippen LogP) is 4.08. The number of hydrogen-bond acceptors (Lipinski definition) is 4. The molecule has 0 aliphatic rings. The first-order valence-corrected chi connectivity index (χ1v) is 9.20. The van der Waals surface area contributed by atoms with E-state index in [-0.39, 0.29) is 23.3 Å². The van der Waals surface area contributed by atoms with Crippen molar-refractivity contribution in [2.45, 2.75) is 19.4 Å². The molecule has 6 heteroatoms. The molecule has 0 fully saturated rings. The SMILES string of the molecule is CC(Cc1ccc(O)c(O)c1)NC(=O)Nc1cccc(C(=O)c2ccccc2)c1. The number of ketones is 1. The highest BCUT2D eigenvalue weighted by Gasteiger charge is 2.12. The van der Waals surface area contributed by atoms with Crippen LogP contribution in [0.5, 0.6) is 11.5 Å². The molecule has 29 heavy (non-hydrogen) atoms. The van der Waals surface area contributed by atoms with Crippen molar-refractivity contribution >= 4 is 17.5 Å². The Kier molecular flexibility index (Phi) is 6.14. The summed E-state index contributed by atoms with van der Waals surface area (Å²) in [6.45, 7) is 1.83. The predicted molar refractivity (Wildman–Crippen MR) is 111 cm³/mol. The quantitative estimate of drug-likeness (QED) is 0.376. The van der Waals surface area contributed by atoms with Gasteiger partial charge in [-0.25, -0.2) is 4.79 Å². The van der Waals surface area contributed by atoms with Gasteiger partial charge in [0.25, 0.3) is 0 Å². The molecule has 3 aromatic carbocycles. The highest BCUT2D eigenvalue weighted by atomic mass is 16.3. The van der Waals surface area contributed by atoms with E-state index in [2.05, 4.69) is 10.6 Å². The zero-order chi connectivity index (χ0) is 20.8. The Labute approximate surface area is 168 Å². The van der Waals surface area contributed by atoms with Gasteiger partial charge in [0.2, 0.25) is 0 Å². The standard InChI is InChI=1S/C23H22N2O4/c1-15(12-16-10-11-20(26)21(27)13-16)24-23(29)25-19-9-5-8-18(14-19)22(28)17-6-3-2-4-7-17/h2-11,13-15,26-27H,12H2,1H3,(H2,24,25,29). The first-order valence-electron chi connectivity index (χ1n) is 9.20. The minimum absolute atomic E-state index is 0.116. The van der Waals surface area contributed by atoms with Crippen LogP contribution in [0.4, 0.5) is 10.5 Å². The van der Waals surface area contributed by atoms with E-state index >= 15 is 0 Å². The lowest BCUT2D eigenvalue weighted by Crippen LogP contribution is -2.37. The molecule has 0 heterocycles. The van der Waals surface area contributed by atoms with Gasteiger partial charge in [0.15, 0.2) is 17.3 Å². The first kappa shape index (κ1) is 19.9. The molecule has 0 bridgehead atoms. The summed E-state index contributed by atoms with van der Waals surface area (Å²) in [5, 5.41) is 24.5. The highest BCUT2D eigenvalue weighted by Crippen LogP contribution is 2.25. The van der Waals surface area contributed by atoms with Crippen molar-refractivity contribution < 1.29 is 19.8 Å². The molecule has 0 aliphatic heterocycles. The van der Waals surface area contributed by atoms with Crippen LogP contribution in [0.15, 0.2) is 72.8 Å². The molecular weight excluding hydrogens is 368 g/mol. The third-order valence-electron chi connectivity index (χ3n) is 4.38. The molecule has 6 nitrogen and oxygen atoms in total. The van der Waals surface area contributed by atoms with E-state index in [0.29, 0.717) is 23.2 Å². The Hall–Kier alpha value is -3.80. The van der Waals surface area contributed by atoms with Crippen LogP contribution in [-0.2, 0) is 6.42 Å². The first-order chi connectivity index (χ1) is 13.9. The number of amides is 2. The molecular formula is C23H22N2O4. The van der Waals surface area contributed by atoms with Crippen LogP contribution in [-0.4, -0.2) is 28.1 Å². The molecule has 0 spiro atoms. The van der Waals surface area contributed by atoms with Gasteiger partial charge in [-0.15, -0.1) is 0 Å². The summed E-state index contributed by atoms with van der Waals surface area (Å²) in [6, 6.07) is 19.7. The van der Waals surface area contributed by atoms with Gasteiger partial charge in [-0.05, 0) is 43.2 Å². The topological polar surface area (TPSA) is 98.7 Å². The fraction of sp³-hybridized carbons (Fsp3) is 0.130. The Morgan fingerprint density at radius 3 is 2.31 bits per heavy atom. The van der Waals surface area contributed by atoms with E-state index in [1.54, 1.807) is 54.6 Å². The molecule has 2 amide bonds. The lowest BCUT2D eigenvalue weighted by atomic mass is 10.0. The van der Waals surface area contributed by atoms with Crippen molar-refractivity contribution in [2.75, 3.05) is 5.32 Å². The number of nitrogens with one attached hydrogen (secondary N) is 2. The van der Waals surface area contributed by atoms with Crippen LogP contribution < -0.4 is 10.6 Å².